The molecule has 0 unspecified atom stereocenters. The summed E-state index contributed by atoms with van der Waals surface area (Å²) in [7, 11) is -1.59. The predicted molar refractivity (Wildman–Crippen MR) is 45.7 cm³/mol. The molecule has 0 fully saturated rings. The van der Waals surface area contributed by atoms with Gasteiger partial charge in [0.25, 0.3) is 0 Å². The molecule has 0 heterocycles. The van der Waals surface area contributed by atoms with Crippen molar-refractivity contribution in [3.05, 3.63) is 0 Å². The lowest BCUT2D eigenvalue weighted by molar-refractivity contribution is 0.276. The van der Waals surface area contributed by atoms with Crippen LogP contribution in [0.4, 0.5) is 0 Å². The molecule has 0 rings (SSSR count). The second kappa shape index (κ2) is 3.08. The SMILES string of the molecule is CN(C(C)(C)CN)S(C)(=O)=O. The van der Waals surface area contributed by atoms with E-state index in [9.17, 15) is 8.42 Å². The van der Waals surface area contributed by atoms with Crippen LogP contribution in [0, 0.1) is 0 Å². The van der Waals surface area contributed by atoms with Gasteiger partial charge in [0, 0.05) is 19.1 Å². The highest BCUT2D eigenvalue weighted by Gasteiger charge is 2.28. The topological polar surface area (TPSA) is 63.4 Å². The van der Waals surface area contributed by atoms with Crippen LogP contribution in [0.1, 0.15) is 13.8 Å². The van der Waals surface area contributed by atoms with Gasteiger partial charge in [0.1, 0.15) is 0 Å². The molecule has 2 N–H and O–H groups in total. The zero-order chi connectivity index (χ0) is 9.28. The fourth-order valence-corrected chi connectivity index (χ4v) is 1.55. The highest BCUT2D eigenvalue weighted by Crippen LogP contribution is 2.12. The fraction of sp³-hybridized carbons (Fsp3) is 1.00. The summed E-state index contributed by atoms with van der Waals surface area (Å²) in [6, 6.07) is 0. The van der Waals surface area contributed by atoms with Crippen molar-refractivity contribution in [1.29, 1.82) is 0 Å². The first kappa shape index (κ1) is 10.9. The van der Waals surface area contributed by atoms with Crippen molar-refractivity contribution in [3.63, 3.8) is 0 Å². The van der Waals surface area contributed by atoms with Gasteiger partial charge in [0.15, 0.2) is 0 Å². The molecule has 0 bridgehead atoms. The summed E-state index contributed by atoms with van der Waals surface area (Å²) < 4.78 is 23.3. The van der Waals surface area contributed by atoms with Crippen molar-refractivity contribution < 1.29 is 8.42 Å². The van der Waals surface area contributed by atoms with E-state index in [0.717, 1.165) is 0 Å². The van der Waals surface area contributed by atoms with E-state index in [-0.39, 0.29) is 0 Å². The Bertz CT molecular complexity index is 221. The molecular formula is C6H16N2O2S. The van der Waals surface area contributed by atoms with Crippen molar-refractivity contribution in [2.45, 2.75) is 19.4 Å². The lowest BCUT2D eigenvalue weighted by atomic mass is 10.1. The van der Waals surface area contributed by atoms with Gasteiger partial charge in [-0.2, -0.15) is 4.31 Å². The van der Waals surface area contributed by atoms with Gasteiger partial charge in [-0.05, 0) is 13.8 Å². The lowest BCUT2D eigenvalue weighted by Gasteiger charge is -2.32. The van der Waals surface area contributed by atoms with E-state index < -0.39 is 15.6 Å². The minimum absolute atomic E-state index is 0.316. The Hall–Kier alpha value is -0.130. The quantitative estimate of drug-likeness (QED) is 0.643. The number of likely N-dealkylation sites (N-methyl/N-ethyl adjacent to an activating group) is 1. The van der Waals surface area contributed by atoms with E-state index in [4.69, 9.17) is 5.73 Å². The van der Waals surface area contributed by atoms with Gasteiger partial charge < -0.3 is 5.73 Å². The average molecular weight is 180 g/mol. The van der Waals surface area contributed by atoms with E-state index in [1.165, 1.54) is 17.6 Å². The van der Waals surface area contributed by atoms with Crippen LogP contribution in [0.5, 0.6) is 0 Å². The molecule has 11 heavy (non-hydrogen) atoms. The Morgan fingerprint density at radius 2 is 1.82 bits per heavy atom. The van der Waals surface area contributed by atoms with Crippen LogP contribution in [0.3, 0.4) is 0 Å². The number of hydrogen-bond donors (Lipinski definition) is 1. The largest absolute Gasteiger partial charge is 0.329 e. The van der Waals surface area contributed by atoms with Crippen molar-refractivity contribution in [1.82, 2.24) is 4.31 Å². The first-order valence-corrected chi connectivity index (χ1v) is 5.21. The number of sulfonamides is 1. The highest BCUT2D eigenvalue weighted by atomic mass is 32.2. The summed E-state index contributed by atoms with van der Waals surface area (Å²) in [6.07, 6.45) is 1.17. The summed E-state index contributed by atoms with van der Waals surface area (Å²) in [5, 5.41) is 0. The van der Waals surface area contributed by atoms with E-state index in [1.807, 2.05) is 0 Å². The Balaban J connectivity index is 4.63. The zero-order valence-corrected chi connectivity index (χ0v) is 8.27. The second-order valence-electron chi connectivity index (χ2n) is 3.25. The molecule has 0 saturated heterocycles. The molecule has 0 atom stereocenters. The normalized spacial score (nSPS) is 14.0. The first-order valence-electron chi connectivity index (χ1n) is 3.36. The maximum Gasteiger partial charge on any atom is 0.211 e. The second-order valence-corrected chi connectivity index (χ2v) is 5.26. The number of nitrogens with zero attached hydrogens (tertiary/aromatic N) is 1. The molecule has 0 aromatic rings. The van der Waals surface area contributed by atoms with Crippen LogP contribution < -0.4 is 5.73 Å². The summed E-state index contributed by atoms with van der Waals surface area (Å²) in [5.41, 5.74) is 4.91. The third-order valence-corrected chi connectivity index (χ3v) is 3.34. The molecule has 0 aliphatic heterocycles. The van der Waals surface area contributed by atoms with Gasteiger partial charge >= 0.3 is 0 Å². The molecule has 0 aromatic heterocycles. The Morgan fingerprint density at radius 1 is 1.45 bits per heavy atom. The molecule has 0 aromatic carbocycles. The third kappa shape index (κ3) is 2.76. The molecular weight excluding hydrogens is 164 g/mol. The van der Waals surface area contributed by atoms with Gasteiger partial charge in [-0.3, -0.25) is 0 Å². The molecule has 5 heteroatoms. The fourth-order valence-electron chi connectivity index (χ4n) is 0.577. The Morgan fingerprint density at radius 3 is 1.91 bits per heavy atom. The maximum atomic E-state index is 11.0. The minimum Gasteiger partial charge on any atom is -0.329 e. The summed E-state index contributed by atoms with van der Waals surface area (Å²) in [4.78, 5) is 0. The lowest BCUT2D eigenvalue weighted by Crippen LogP contribution is -2.49. The number of hydrogen-bond acceptors (Lipinski definition) is 3. The minimum atomic E-state index is -3.12. The van der Waals surface area contributed by atoms with E-state index in [0.29, 0.717) is 6.54 Å². The van der Waals surface area contributed by atoms with E-state index >= 15 is 0 Å². The van der Waals surface area contributed by atoms with Crippen LogP contribution >= 0.6 is 0 Å². The van der Waals surface area contributed by atoms with Crippen molar-refractivity contribution in [3.8, 4) is 0 Å². The van der Waals surface area contributed by atoms with E-state index in [2.05, 4.69) is 0 Å². The van der Waals surface area contributed by atoms with Gasteiger partial charge in [-0.15, -0.1) is 0 Å². The van der Waals surface area contributed by atoms with Gasteiger partial charge in [-0.1, -0.05) is 0 Å². The van der Waals surface area contributed by atoms with Crippen molar-refractivity contribution in [2.75, 3.05) is 19.8 Å². The highest BCUT2D eigenvalue weighted by molar-refractivity contribution is 7.88. The van der Waals surface area contributed by atoms with Crippen LogP contribution in [0.2, 0.25) is 0 Å². The molecule has 0 aliphatic rings. The van der Waals surface area contributed by atoms with Crippen LogP contribution in [0.15, 0.2) is 0 Å². The molecule has 68 valence electrons. The van der Waals surface area contributed by atoms with Crippen LogP contribution in [-0.2, 0) is 10.0 Å². The molecule has 0 radical (unpaired) electrons. The number of rotatable bonds is 3. The van der Waals surface area contributed by atoms with E-state index in [1.54, 1.807) is 13.8 Å². The zero-order valence-electron chi connectivity index (χ0n) is 7.46. The standard InChI is InChI=1S/C6H16N2O2S/c1-6(2,5-7)8(3)11(4,9)10/h5,7H2,1-4H3. The maximum absolute atomic E-state index is 11.0. The molecule has 4 nitrogen and oxygen atoms in total. The third-order valence-electron chi connectivity index (χ3n) is 1.85. The predicted octanol–water partition coefficient (Wildman–Crippen LogP) is -0.385. The smallest absolute Gasteiger partial charge is 0.211 e. The summed E-state index contributed by atoms with van der Waals surface area (Å²) >= 11 is 0. The van der Waals surface area contributed by atoms with Gasteiger partial charge in [-0.25, -0.2) is 8.42 Å². The van der Waals surface area contributed by atoms with Crippen molar-refractivity contribution >= 4 is 10.0 Å². The van der Waals surface area contributed by atoms with Crippen LogP contribution in [0.25, 0.3) is 0 Å². The van der Waals surface area contributed by atoms with Crippen molar-refractivity contribution in [2.24, 2.45) is 5.73 Å². The van der Waals surface area contributed by atoms with Gasteiger partial charge in [0.05, 0.1) is 6.26 Å². The molecule has 0 saturated carbocycles. The van der Waals surface area contributed by atoms with Crippen LogP contribution in [-0.4, -0.2) is 38.1 Å². The molecule has 0 aliphatic carbocycles. The average Bonchev–Trinajstić information content (AvgIpc) is 1.84. The Kier molecular flexibility index (Phi) is 3.05. The molecule has 0 spiro atoms. The summed E-state index contributed by atoms with van der Waals surface area (Å²) in [5.74, 6) is 0. The number of nitrogens with two attached hydrogens (primary N) is 1. The Labute approximate surface area is 68.4 Å². The first-order chi connectivity index (χ1) is 4.72. The monoisotopic (exact) mass is 180 g/mol. The summed E-state index contributed by atoms with van der Waals surface area (Å²) in [6.45, 7) is 3.89. The van der Waals surface area contributed by atoms with Gasteiger partial charge in [0.2, 0.25) is 10.0 Å². The molecule has 0 amide bonds.